The van der Waals surface area contributed by atoms with E-state index in [1.165, 1.54) is 29.4 Å². The SMILES string of the molecule is N#Cc1c[nH]c2c(N3CCC(c4ccc(N5CCC(CN6CCN(c7ccc(C(=O)NC8CCC(=O)NC8=O)c(F)c7)CC6)CC5)cc4)CC3)ccc(F)c12. The van der Waals surface area contributed by atoms with Crippen LogP contribution in [-0.2, 0) is 9.59 Å². The molecule has 3 amide bonds. The van der Waals surface area contributed by atoms with Gasteiger partial charge < -0.3 is 25.0 Å². The Balaban J connectivity index is 0.769. The second-order valence-corrected chi connectivity index (χ2v) is 15.3. The number of aromatic nitrogens is 1. The summed E-state index contributed by atoms with van der Waals surface area (Å²) in [5, 5.41) is 14.5. The second kappa shape index (κ2) is 15.7. The van der Waals surface area contributed by atoms with Crippen LogP contribution >= 0.6 is 0 Å². The van der Waals surface area contributed by atoms with E-state index in [-0.39, 0.29) is 30.1 Å². The van der Waals surface area contributed by atoms with E-state index in [9.17, 15) is 24.0 Å². The number of nitrogens with zero attached hydrogens (tertiary/aromatic N) is 5. The summed E-state index contributed by atoms with van der Waals surface area (Å²) < 4.78 is 29.6. The molecule has 4 aliphatic heterocycles. The first kappa shape index (κ1) is 36.5. The van der Waals surface area contributed by atoms with Gasteiger partial charge in [0, 0.05) is 82.9 Å². The maximum Gasteiger partial charge on any atom is 0.254 e. The van der Waals surface area contributed by atoms with Gasteiger partial charge >= 0.3 is 0 Å². The van der Waals surface area contributed by atoms with Gasteiger partial charge in [0.25, 0.3) is 5.91 Å². The number of anilines is 3. The van der Waals surface area contributed by atoms with E-state index < -0.39 is 23.7 Å². The quantitative estimate of drug-likeness (QED) is 0.208. The Bertz CT molecular complexity index is 2110. The van der Waals surface area contributed by atoms with Crippen molar-refractivity contribution in [2.24, 2.45) is 5.92 Å². The van der Waals surface area contributed by atoms with Crippen LogP contribution in [0.15, 0.2) is 60.8 Å². The van der Waals surface area contributed by atoms with Crippen molar-refractivity contribution in [1.82, 2.24) is 20.5 Å². The van der Waals surface area contributed by atoms with Crippen LogP contribution in [0.1, 0.15) is 65.9 Å². The zero-order valence-electron chi connectivity index (χ0n) is 30.8. The number of benzene rings is 3. The van der Waals surface area contributed by atoms with Crippen molar-refractivity contribution in [3.8, 4) is 6.07 Å². The Kier molecular flexibility index (Phi) is 10.4. The molecule has 3 aromatic carbocycles. The lowest BCUT2D eigenvalue weighted by atomic mass is 9.89. The lowest BCUT2D eigenvalue weighted by Crippen LogP contribution is -2.52. The summed E-state index contributed by atoms with van der Waals surface area (Å²) in [6.07, 6.45) is 6.23. The minimum absolute atomic E-state index is 0.119. The lowest BCUT2D eigenvalue weighted by molar-refractivity contribution is -0.134. The number of carbonyl (C=O) groups excluding carboxylic acids is 3. The molecule has 286 valence electrons. The van der Waals surface area contributed by atoms with Gasteiger partial charge in [0.1, 0.15) is 23.7 Å². The molecule has 3 N–H and O–H groups in total. The molecule has 4 saturated heterocycles. The van der Waals surface area contributed by atoms with Gasteiger partial charge in [0.15, 0.2) is 0 Å². The first-order valence-corrected chi connectivity index (χ1v) is 19.4. The van der Waals surface area contributed by atoms with Gasteiger partial charge in [-0.1, -0.05) is 12.1 Å². The van der Waals surface area contributed by atoms with Gasteiger partial charge in [-0.2, -0.15) is 5.26 Å². The summed E-state index contributed by atoms with van der Waals surface area (Å²) in [6, 6.07) is 18.3. The highest BCUT2D eigenvalue weighted by molar-refractivity contribution is 6.04. The summed E-state index contributed by atoms with van der Waals surface area (Å²) in [6.45, 7) is 8.20. The smallest absolute Gasteiger partial charge is 0.254 e. The fraction of sp³-hybridized carbons (Fsp3) is 0.429. The van der Waals surface area contributed by atoms with Crippen LogP contribution in [0.2, 0.25) is 0 Å². The van der Waals surface area contributed by atoms with Gasteiger partial charge in [0.05, 0.1) is 27.7 Å². The molecule has 0 spiro atoms. The summed E-state index contributed by atoms with van der Waals surface area (Å²) in [5.74, 6) is -1.50. The lowest BCUT2D eigenvalue weighted by Gasteiger charge is -2.40. The third-order valence-corrected chi connectivity index (χ3v) is 12.1. The van der Waals surface area contributed by atoms with Crippen LogP contribution < -0.4 is 25.3 Å². The number of aromatic amines is 1. The molecule has 1 unspecified atom stereocenters. The molecule has 0 saturated carbocycles. The van der Waals surface area contributed by atoms with E-state index >= 15 is 4.39 Å². The Morgan fingerprint density at radius 2 is 1.49 bits per heavy atom. The van der Waals surface area contributed by atoms with Crippen LogP contribution in [0, 0.1) is 28.9 Å². The zero-order valence-corrected chi connectivity index (χ0v) is 30.8. The largest absolute Gasteiger partial charge is 0.372 e. The highest BCUT2D eigenvalue weighted by Gasteiger charge is 2.30. The van der Waals surface area contributed by atoms with E-state index in [2.05, 4.69) is 65.6 Å². The van der Waals surface area contributed by atoms with Crippen molar-refractivity contribution < 1.29 is 23.2 Å². The zero-order chi connectivity index (χ0) is 38.1. The molecule has 0 radical (unpaired) electrons. The van der Waals surface area contributed by atoms with Crippen molar-refractivity contribution in [3.05, 3.63) is 89.1 Å². The third kappa shape index (κ3) is 7.73. The van der Waals surface area contributed by atoms with Crippen molar-refractivity contribution in [2.75, 3.05) is 73.6 Å². The molecule has 4 aliphatic rings. The van der Waals surface area contributed by atoms with Crippen LogP contribution in [0.3, 0.4) is 0 Å². The molecular weight excluding hydrogens is 703 g/mol. The van der Waals surface area contributed by atoms with Crippen molar-refractivity contribution >= 4 is 45.7 Å². The number of halogens is 2. The molecule has 11 nitrogen and oxygen atoms in total. The molecule has 4 aromatic rings. The van der Waals surface area contributed by atoms with E-state index in [0.717, 1.165) is 96.0 Å². The van der Waals surface area contributed by atoms with E-state index in [0.29, 0.717) is 28.3 Å². The summed E-state index contributed by atoms with van der Waals surface area (Å²) in [7, 11) is 0. The van der Waals surface area contributed by atoms with Crippen molar-refractivity contribution in [2.45, 2.75) is 50.5 Å². The number of nitrogens with one attached hydrogen (secondary N) is 3. The topological polar surface area (TPSA) is 128 Å². The fourth-order valence-corrected chi connectivity index (χ4v) is 8.83. The van der Waals surface area contributed by atoms with Crippen LogP contribution in [0.25, 0.3) is 10.9 Å². The Labute approximate surface area is 319 Å². The first-order chi connectivity index (χ1) is 26.7. The number of amides is 3. The molecule has 4 fully saturated rings. The predicted molar refractivity (Wildman–Crippen MR) is 207 cm³/mol. The minimum atomic E-state index is -0.853. The molecule has 13 heteroatoms. The molecule has 5 heterocycles. The molecule has 1 aromatic heterocycles. The molecule has 0 bridgehead atoms. The van der Waals surface area contributed by atoms with Crippen molar-refractivity contribution in [1.29, 1.82) is 5.26 Å². The summed E-state index contributed by atoms with van der Waals surface area (Å²) >= 11 is 0. The standard InChI is InChI=1S/C42H46F2N8O3/c43-34-7-9-37(40-39(34)30(24-45)25-46-40)52-17-13-29(14-18-52)28-1-3-31(4-2-28)50-15-11-27(12-16-50)26-49-19-21-51(22-20-49)32-5-6-33(35(44)23-32)41(54)47-36-8-10-38(53)48-42(36)55/h1-7,9,23,25,27,29,36,46H,8,10-22,26H2,(H,47,54)(H,48,53,55). The van der Waals surface area contributed by atoms with Crippen LogP contribution in [0.4, 0.5) is 25.8 Å². The second-order valence-electron chi connectivity index (χ2n) is 15.3. The predicted octanol–water partition coefficient (Wildman–Crippen LogP) is 5.28. The first-order valence-electron chi connectivity index (χ1n) is 19.4. The number of piperazine rings is 1. The highest BCUT2D eigenvalue weighted by atomic mass is 19.1. The van der Waals surface area contributed by atoms with E-state index in [4.69, 9.17) is 0 Å². The van der Waals surface area contributed by atoms with E-state index in [1.807, 2.05) is 6.07 Å². The molecule has 8 rings (SSSR count). The number of hydrogen-bond donors (Lipinski definition) is 3. The minimum Gasteiger partial charge on any atom is -0.372 e. The number of fused-ring (bicyclic) bond motifs is 1. The Morgan fingerprint density at radius 1 is 0.800 bits per heavy atom. The molecule has 55 heavy (non-hydrogen) atoms. The van der Waals surface area contributed by atoms with Crippen molar-refractivity contribution in [3.63, 3.8) is 0 Å². The average molecular weight is 749 g/mol. The molecular formula is C42H46F2N8O3. The Morgan fingerprint density at radius 3 is 2.18 bits per heavy atom. The van der Waals surface area contributed by atoms with Crippen LogP contribution in [-0.4, -0.2) is 92.6 Å². The van der Waals surface area contributed by atoms with Gasteiger partial charge in [-0.3, -0.25) is 24.6 Å². The maximum absolute atomic E-state index is 15.1. The van der Waals surface area contributed by atoms with Gasteiger partial charge in [-0.05, 0) is 92.0 Å². The number of hydrogen-bond acceptors (Lipinski definition) is 8. The fourth-order valence-electron chi connectivity index (χ4n) is 8.83. The number of carbonyl (C=O) groups is 3. The number of rotatable bonds is 8. The average Bonchev–Trinajstić information content (AvgIpc) is 3.65. The number of imide groups is 1. The Hall–Kier alpha value is -5.48. The highest BCUT2D eigenvalue weighted by Crippen LogP contribution is 2.36. The normalized spacial score (nSPS) is 20.5. The molecule has 0 aliphatic carbocycles. The third-order valence-electron chi connectivity index (χ3n) is 12.1. The van der Waals surface area contributed by atoms with Gasteiger partial charge in [-0.15, -0.1) is 0 Å². The van der Waals surface area contributed by atoms with Gasteiger partial charge in [-0.25, -0.2) is 8.78 Å². The summed E-state index contributed by atoms with van der Waals surface area (Å²) in [5.41, 5.74) is 5.24. The van der Waals surface area contributed by atoms with Gasteiger partial charge in [0.2, 0.25) is 11.8 Å². The number of nitriles is 1. The molecule has 1 atom stereocenters. The number of H-pyrrole nitrogens is 1. The van der Waals surface area contributed by atoms with E-state index in [1.54, 1.807) is 12.3 Å². The maximum atomic E-state index is 15.1. The monoisotopic (exact) mass is 748 g/mol. The van der Waals surface area contributed by atoms with Crippen LogP contribution in [0.5, 0.6) is 0 Å². The summed E-state index contributed by atoms with van der Waals surface area (Å²) in [4.78, 5) is 48.7. The number of piperidine rings is 3.